The summed E-state index contributed by atoms with van der Waals surface area (Å²) >= 11 is 0. The molecule has 0 radical (unpaired) electrons. The van der Waals surface area contributed by atoms with E-state index in [2.05, 4.69) is 15.2 Å². The van der Waals surface area contributed by atoms with E-state index in [9.17, 15) is 0 Å². The molecule has 0 amide bonds. The van der Waals surface area contributed by atoms with Crippen molar-refractivity contribution in [1.82, 2.24) is 19.6 Å². The Hall–Kier alpha value is -1.45. The summed E-state index contributed by atoms with van der Waals surface area (Å²) in [6.07, 6.45) is 3.48. The largest absolute Gasteiger partial charge is 0.285 e. The number of hydrogen-bond donors (Lipinski definition) is 0. The molecule has 2 aromatic rings. The number of rotatable bonds is 0. The van der Waals surface area contributed by atoms with Gasteiger partial charge in [-0.05, 0) is 13.8 Å². The maximum absolute atomic E-state index is 4.18. The maximum Gasteiger partial charge on any atom is 0.161 e. The second-order valence-corrected chi connectivity index (χ2v) is 2.51. The summed E-state index contributed by atoms with van der Waals surface area (Å²) in [5.41, 5.74) is 2.83. The van der Waals surface area contributed by atoms with E-state index in [4.69, 9.17) is 0 Å². The fraction of sp³-hybridized carbons (Fsp3) is 0.545. The van der Waals surface area contributed by atoms with E-state index in [-0.39, 0.29) is 0 Å². The molecule has 84 valence electrons. The van der Waals surface area contributed by atoms with Crippen LogP contribution in [0.25, 0.3) is 5.65 Å². The number of imidazole rings is 1. The third kappa shape index (κ3) is 3.01. The predicted molar refractivity (Wildman–Crippen MR) is 63.0 cm³/mol. The van der Waals surface area contributed by atoms with Crippen LogP contribution in [0.1, 0.15) is 39.1 Å². The Morgan fingerprint density at radius 3 is 2.20 bits per heavy atom. The normalized spacial score (nSPS) is 8.67. The predicted octanol–water partition coefficient (Wildman–Crippen LogP) is 2.79. The molecule has 2 heterocycles. The highest BCUT2D eigenvalue weighted by atomic mass is 15.2. The molecule has 0 spiro atoms. The number of hydrogen-bond acceptors (Lipinski definition) is 3. The first-order chi connectivity index (χ1) is 7.29. The van der Waals surface area contributed by atoms with Crippen LogP contribution in [0.4, 0.5) is 0 Å². The van der Waals surface area contributed by atoms with Gasteiger partial charge in [-0.15, -0.1) is 5.10 Å². The van der Waals surface area contributed by atoms with Crippen LogP contribution in [0.5, 0.6) is 0 Å². The summed E-state index contributed by atoms with van der Waals surface area (Å²) < 4.78 is 1.92. The summed E-state index contributed by atoms with van der Waals surface area (Å²) in [7, 11) is 0. The zero-order valence-electron chi connectivity index (χ0n) is 10.4. The van der Waals surface area contributed by atoms with Crippen LogP contribution in [-0.2, 0) is 0 Å². The lowest BCUT2D eigenvalue weighted by atomic mass is 10.5. The van der Waals surface area contributed by atoms with Gasteiger partial charge in [0, 0.05) is 11.9 Å². The first-order valence-corrected chi connectivity index (χ1v) is 5.41. The molecule has 0 unspecified atom stereocenters. The minimum atomic E-state index is 0.862. The number of nitrogens with zero attached hydrogens (tertiary/aromatic N) is 4. The van der Waals surface area contributed by atoms with Crippen LogP contribution in [0.15, 0.2) is 12.5 Å². The SMILES string of the molecule is CC.CC.Cc1nncn2c(C)cnc12. The second kappa shape index (κ2) is 6.92. The van der Waals surface area contributed by atoms with Crippen LogP contribution in [-0.4, -0.2) is 19.6 Å². The molecule has 0 fully saturated rings. The lowest BCUT2D eigenvalue weighted by molar-refractivity contribution is 0.896. The standard InChI is InChI=1S/C7H8N4.2C2H6/c1-5-3-8-7-6(2)10-9-4-11(5)7;2*1-2/h3-4H,1-2H3;2*1-2H3. The molecule has 0 aromatic carbocycles. The van der Waals surface area contributed by atoms with Gasteiger partial charge in [0.1, 0.15) is 12.0 Å². The van der Waals surface area contributed by atoms with E-state index in [1.807, 2.05) is 52.1 Å². The highest BCUT2D eigenvalue weighted by Crippen LogP contribution is 2.05. The number of fused-ring (bicyclic) bond motifs is 1. The molecule has 0 saturated carbocycles. The molecule has 2 rings (SSSR count). The molecule has 4 nitrogen and oxygen atoms in total. The van der Waals surface area contributed by atoms with Gasteiger partial charge in [0.05, 0.1) is 0 Å². The van der Waals surface area contributed by atoms with Gasteiger partial charge in [0.25, 0.3) is 0 Å². The van der Waals surface area contributed by atoms with Crippen LogP contribution in [0.2, 0.25) is 0 Å². The number of aryl methyl sites for hydroxylation is 2. The van der Waals surface area contributed by atoms with Crippen LogP contribution in [0, 0.1) is 13.8 Å². The Bertz CT molecular complexity index is 392. The number of aromatic nitrogens is 4. The van der Waals surface area contributed by atoms with Crippen molar-refractivity contribution in [3.8, 4) is 0 Å². The summed E-state index contributed by atoms with van der Waals surface area (Å²) in [4.78, 5) is 4.18. The van der Waals surface area contributed by atoms with Crippen molar-refractivity contribution in [3.05, 3.63) is 23.9 Å². The third-order valence-corrected chi connectivity index (χ3v) is 1.68. The van der Waals surface area contributed by atoms with Crippen molar-refractivity contribution in [2.24, 2.45) is 0 Å². The Balaban J connectivity index is 0.000000442. The van der Waals surface area contributed by atoms with Gasteiger partial charge < -0.3 is 0 Å². The Labute approximate surface area is 91.4 Å². The van der Waals surface area contributed by atoms with Gasteiger partial charge in [0.2, 0.25) is 0 Å². The molecule has 0 aliphatic heterocycles. The average Bonchev–Trinajstić information content (AvgIpc) is 2.68. The Kier molecular flexibility index (Phi) is 6.25. The molecule has 0 aliphatic carbocycles. The smallest absolute Gasteiger partial charge is 0.161 e. The van der Waals surface area contributed by atoms with Crippen molar-refractivity contribution in [1.29, 1.82) is 0 Å². The minimum absolute atomic E-state index is 0.862. The van der Waals surface area contributed by atoms with Crippen molar-refractivity contribution in [2.45, 2.75) is 41.5 Å². The Morgan fingerprint density at radius 1 is 1.07 bits per heavy atom. The molecule has 0 saturated heterocycles. The fourth-order valence-electron chi connectivity index (χ4n) is 1.07. The first-order valence-electron chi connectivity index (χ1n) is 5.41. The summed E-state index contributed by atoms with van der Waals surface area (Å²) in [6, 6.07) is 0. The van der Waals surface area contributed by atoms with Gasteiger partial charge in [0.15, 0.2) is 5.65 Å². The van der Waals surface area contributed by atoms with Crippen molar-refractivity contribution in [2.75, 3.05) is 0 Å². The highest BCUT2D eigenvalue weighted by molar-refractivity contribution is 5.43. The zero-order chi connectivity index (χ0) is 11.8. The van der Waals surface area contributed by atoms with E-state index < -0.39 is 0 Å². The molecule has 0 N–H and O–H groups in total. The lowest BCUT2D eigenvalue weighted by Crippen LogP contribution is -1.95. The van der Waals surface area contributed by atoms with E-state index in [1.165, 1.54) is 0 Å². The summed E-state index contributed by atoms with van der Waals surface area (Å²) in [5, 5.41) is 7.71. The third-order valence-electron chi connectivity index (χ3n) is 1.68. The van der Waals surface area contributed by atoms with Gasteiger partial charge in [-0.3, -0.25) is 4.40 Å². The lowest BCUT2D eigenvalue weighted by Gasteiger charge is -1.94. The molecular weight excluding hydrogens is 188 g/mol. The molecular formula is C11H20N4. The Morgan fingerprint density at radius 2 is 1.67 bits per heavy atom. The van der Waals surface area contributed by atoms with Crippen molar-refractivity contribution < 1.29 is 0 Å². The van der Waals surface area contributed by atoms with Crippen LogP contribution >= 0.6 is 0 Å². The summed E-state index contributed by atoms with van der Waals surface area (Å²) in [5.74, 6) is 0. The quantitative estimate of drug-likeness (QED) is 0.668. The maximum atomic E-state index is 4.18. The average molecular weight is 208 g/mol. The van der Waals surface area contributed by atoms with E-state index in [0.29, 0.717) is 0 Å². The molecule has 0 bridgehead atoms. The molecule has 4 heteroatoms. The van der Waals surface area contributed by atoms with E-state index >= 15 is 0 Å². The monoisotopic (exact) mass is 208 g/mol. The van der Waals surface area contributed by atoms with Crippen molar-refractivity contribution >= 4 is 5.65 Å². The second-order valence-electron chi connectivity index (χ2n) is 2.51. The van der Waals surface area contributed by atoms with Gasteiger partial charge in [-0.25, -0.2) is 4.98 Å². The fourth-order valence-corrected chi connectivity index (χ4v) is 1.07. The minimum Gasteiger partial charge on any atom is -0.285 e. The summed E-state index contributed by atoms with van der Waals surface area (Å²) in [6.45, 7) is 11.9. The van der Waals surface area contributed by atoms with Crippen molar-refractivity contribution in [3.63, 3.8) is 0 Å². The van der Waals surface area contributed by atoms with Crippen LogP contribution < -0.4 is 0 Å². The van der Waals surface area contributed by atoms with E-state index in [0.717, 1.165) is 17.0 Å². The van der Waals surface area contributed by atoms with Gasteiger partial charge >= 0.3 is 0 Å². The molecule has 2 aromatic heterocycles. The molecule has 0 atom stereocenters. The highest BCUT2D eigenvalue weighted by Gasteiger charge is 2.00. The van der Waals surface area contributed by atoms with Crippen LogP contribution in [0.3, 0.4) is 0 Å². The van der Waals surface area contributed by atoms with Gasteiger partial charge in [-0.1, -0.05) is 27.7 Å². The zero-order valence-corrected chi connectivity index (χ0v) is 10.4. The topological polar surface area (TPSA) is 43.1 Å². The van der Waals surface area contributed by atoms with Gasteiger partial charge in [-0.2, -0.15) is 5.10 Å². The van der Waals surface area contributed by atoms with E-state index in [1.54, 1.807) is 6.33 Å². The first kappa shape index (κ1) is 13.5. The molecule has 15 heavy (non-hydrogen) atoms. The molecule has 0 aliphatic rings.